The highest BCUT2D eigenvalue weighted by Gasteiger charge is 2.15. The number of aryl methyl sites for hydroxylation is 1. The van der Waals surface area contributed by atoms with E-state index in [9.17, 15) is 4.79 Å². The number of anilines is 1. The number of benzene rings is 2. The highest BCUT2D eigenvalue weighted by Crippen LogP contribution is 2.33. The second-order valence-electron chi connectivity index (χ2n) is 4.16. The van der Waals surface area contributed by atoms with Crippen LogP contribution in [0.5, 0.6) is 0 Å². The maximum absolute atomic E-state index is 12.3. The first-order chi connectivity index (χ1) is 9.40. The van der Waals surface area contributed by atoms with Crippen LogP contribution in [0.15, 0.2) is 43.7 Å². The van der Waals surface area contributed by atoms with Crippen LogP contribution in [0.2, 0.25) is 5.02 Å². The van der Waals surface area contributed by atoms with E-state index < -0.39 is 0 Å². The van der Waals surface area contributed by atoms with Crippen LogP contribution in [-0.4, -0.2) is 5.91 Å². The lowest BCUT2D eigenvalue weighted by atomic mass is 10.2. The molecular formula is C14H9Br3ClNO. The monoisotopic (exact) mass is 479 g/mol. The van der Waals surface area contributed by atoms with Crippen LogP contribution in [-0.2, 0) is 0 Å². The number of halogens is 4. The second-order valence-corrected chi connectivity index (χ2v) is 7.10. The third kappa shape index (κ3) is 3.45. The van der Waals surface area contributed by atoms with Crippen molar-refractivity contribution < 1.29 is 4.79 Å². The van der Waals surface area contributed by atoms with E-state index in [0.29, 0.717) is 20.7 Å². The summed E-state index contributed by atoms with van der Waals surface area (Å²) in [5.41, 5.74) is 2.18. The molecule has 0 aliphatic rings. The molecule has 2 aromatic rings. The zero-order valence-electron chi connectivity index (χ0n) is 10.3. The Labute approximate surface area is 147 Å². The van der Waals surface area contributed by atoms with Crippen LogP contribution in [0.25, 0.3) is 0 Å². The number of carbonyl (C=O) groups is 1. The van der Waals surface area contributed by atoms with Crippen molar-refractivity contribution in [2.45, 2.75) is 6.92 Å². The van der Waals surface area contributed by atoms with E-state index in [2.05, 4.69) is 53.1 Å². The molecule has 2 rings (SSSR count). The maximum atomic E-state index is 12.3. The molecule has 0 atom stereocenters. The molecular weight excluding hydrogens is 473 g/mol. The molecule has 6 heteroatoms. The number of hydrogen-bond donors (Lipinski definition) is 1. The molecule has 2 nitrogen and oxygen atoms in total. The number of rotatable bonds is 2. The number of nitrogens with one attached hydrogen (secondary N) is 1. The van der Waals surface area contributed by atoms with Gasteiger partial charge in [0.25, 0.3) is 5.91 Å². The van der Waals surface area contributed by atoms with Crippen molar-refractivity contribution in [2.24, 2.45) is 0 Å². The van der Waals surface area contributed by atoms with Gasteiger partial charge in [-0.1, -0.05) is 17.7 Å². The summed E-state index contributed by atoms with van der Waals surface area (Å²) in [5.74, 6) is -0.262. The molecule has 0 aliphatic carbocycles. The smallest absolute Gasteiger partial charge is 0.257 e. The minimum Gasteiger partial charge on any atom is -0.320 e. The van der Waals surface area contributed by atoms with Crippen molar-refractivity contribution in [1.29, 1.82) is 0 Å². The van der Waals surface area contributed by atoms with Crippen LogP contribution < -0.4 is 5.32 Å². The summed E-state index contributed by atoms with van der Waals surface area (Å²) in [6, 6.07) is 9.10. The highest BCUT2D eigenvalue weighted by atomic mass is 79.9. The Morgan fingerprint density at radius 3 is 2.30 bits per heavy atom. The van der Waals surface area contributed by atoms with Crippen molar-refractivity contribution in [3.63, 3.8) is 0 Å². The Bertz CT molecular complexity index is 665. The van der Waals surface area contributed by atoms with E-state index in [-0.39, 0.29) is 5.91 Å². The zero-order chi connectivity index (χ0) is 14.9. The summed E-state index contributed by atoms with van der Waals surface area (Å²) in [7, 11) is 0. The van der Waals surface area contributed by atoms with Gasteiger partial charge >= 0.3 is 0 Å². The van der Waals surface area contributed by atoms with Crippen molar-refractivity contribution in [3.8, 4) is 0 Å². The second kappa shape index (κ2) is 6.60. The quantitative estimate of drug-likeness (QED) is 0.544. The molecule has 1 N–H and O–H groups in total. The lowest BCUT2D eigenvalue weighted by Crippen LogP contribution is -2.13. The maximum Gasteiger partial charge on any atom is 0.257 e. The Morgan fingerprint density at radius 1 is 1.10 bits per heavy atom. The van der Waals surface area contributed by atoms with Gasteiger partial charge in [0.05, 0.1) is 16.3 Å². The molecule has 0 spiro atoms. The molecule has 20 heavy (non-hydrogen) atoms. The molecule has 0 unspecified atom stereocenters. The van der Waals surface area contributed by atoms with Gasteiger partial charge < -0.3 is 5.32 Å². The fraction of sp³-hybridized carbons (Fsp3) is 0.0714. The number of amides is 1. The van der Waals surface area contributed by atoms with E-state index in [1.54, 1.807) is 18.2 Å². The summed E-state index contributed by atoms with van der Waals surface area (Å²) < 4.78 is 2.31. The average Bonchev–Trinajstić information content (AvgIpc) is 2.36. The van der Waals surface area contributed by atoms with Crippen LogP contribution >= 0.6 is 59.4 Å². The summed E-state index contributed by atoms with van der Waals surface area (Å²) in [5, 5.41) is 3.25. The van der Waals surface area contributed by atoms with Gasteiger partial charge in [-0.25, -0.2) is 0 Å². The lowest BCUT2D eigenvalue weighted by Gasteiger charge is -2.12. The van der Waals surface area contributed by atoms with E-state index >= 15 is 0 Å². The van der Waals surface area contributed by atoms with Gasteiger partial charge in [0.1, 0.15) is 0 Å². The van der Waals surface area contributed by atoms with Crippen LogP contribution in [0, 0.1) is 6.92 Å². The first-order valence-electron chi connectivity index (χ1n) is 5.61. The molecule has 0 aliphatic heterocycles. The molecule has 0 heterocycles. The minimum absolute atomic E-state index is 0.262. The first kappa shape index (κ1) is 16.0. The standard InChI is InChI=1S/C14H9Br3ClNO/c1-7-5-10(16)13(11(17)6-7)19-14(20)8-3-2-4-9(15)12(8)18/h2-6H,1H3,(H,19,20). The van der Waals surface area contributed by atoms with Crippen LogP contribution in [0.4, 0.5) is 5.69 Å². The molecule has 0 fully saturated rings. The summed E-state index contributed by atoms with van der Waals surface area (Å²) in [6.07, 6.45) is 0. The highest BCUT2D eigenvalue weighted by molar-refractivity contribution is 9.11. The molecule has 0 bridgehead atoms. The summed E-state index contributed by atoms with van der Waals surface area (Å²) in [4.78, 5) is 12.3. The van der Waals surface area contributed by atoms with E-state index in [0.717, 1.165) is 14.5 Å². The average molecular weight is 482 g/mol. The van der Waals surface area contributed by atoms with E-state index in [1.807, 2.05) is 19.1 Å². The molecule has 2 aromatic carbocycles. The van der Waals surface area contributed by atoms with Gasteiger partial charge in [-0.2, -0.15) is 0 Å². The third-order valence-electron chi connectivity index (χ3n) is 2.62. The zero-order valence-corrected chi connectivity index (χ0v) is 15.8. The third-order valence-corrected chi connectivity index (χ3v) is 5.17. The van der Waals surface area contributed by atoms with Crippen LogP contribution in [0.1, 0.15) is 15.9 Å². The van der Waals surface area contributed by atoms with Crippen LogP contribution in [0.3, 0.4) is 0 Å². The SMILES string of the molecule is Cc1cc(Br)c(NC(=O)c2cccc(Br)c2Cl)c(Br)c1. The largest absolute Gasteiger partial charge is 0.320 e. The van der Waals surface area contributed by atoms with E-state index in [1.165, 1.54) is 0 Å². The first-order valence-corrected chi connectivity index (χ1v) is 8.37. The molecule has 0 aromatic heterocycles. The Kier molecular flexibility index (Phi) is 5.29. The Morgan fingerprint density at radius 2 is 1.70 bits per heavy atom. The fourth-order valence-corrected chi connectivity index (χ4v) is 3.87. The lowest BCUT2D eigenvalue weighted by molar-refractivity contribution is 0.102. The molecule has 0 radical (unpaired) electrons. The minimum atomic E-state index is -0.262. The molecule has 1 amide bonds. The Balaban J connectivity index is 2.36. The summed E-state index contributed by atoms with van der Waals surface area (Å²) in [6.45, 7) is 1.98. The van der Waals surface area contributed by atoms with Crippen molar-refractivity contribution in [3.05, 3.63) is 59.9 Å². The van der Waals surface area contributed by atoms with Gasteiger partial charge in [0, 0.05) is 13.4 Å². The van der Waals surface area contributed by atoms with Crippen molar-refractivity contribution in [2.75, 3.05) is 5.32 Å². The molecule has 104 valence electrons. The Hall–Kier alpha value is -0.360. The summed E-state index contributed by atoms with van der Waals surface area (Å²) >= 11 is 16.3. The van der Waals surface area contributed by atoms with Gasteiger partial charge in [-0.05, 0) is 84.5 Å². The van der Waals surface area contributed by atoms with Crippen molar-refractivity contribution >= 4 is 71.0 Å². The predicted molar refractivity (Wildman–Crippen MR) is 93.7 cm³/mol. The predicted octanol–water partition coefficient (Wildman–Crippen LogP) is 6.19. The van der Waals surface area contributed by atoms with Gasteiger partial charge in [0.15, 0.2) is 0 Å². The molecule has 0 saturated heterocycles. The van der Waals surface area contributed by atoms with Gasteiger partial charge in [0.2, 0.25) is 0 Å². The van der Waals surface area contributed by atoms with Gasteiger partial charge in [-0.15, -0.1) is 0 Å². The topological polar surface area (TPSA) is 29.1 Å². The van der Waals surface area contributed by atoms with Gasteiger partial charge in [-0.3, -0.25) is 4.79 Å². The number of hydrogen-bond acceptors (Lipinski definition) is 1. The van der Waals surface area contributed by atoms with E-state index in [4.69, 9.17) is 11.6 Å². The fourth-order valence-electron chi connectivity index (χ4n) is 1.68. The normalized spacial score (nSPS) is 10.4. The number of carbonyl (C=O) groups excluding carboxylic acids is 1. The van der Waals surface area contributed by atoms with Crippen molar-refractivity contribution in [1.82, 2.24) is 0 Å². The molecule has 0 saturated carbocycles.